The lowest BCUT2D eigenvalue weighted by atomic mass is 10.2. The van der Waals surface area contributed by atoms with Crippen molar-refractivity contribution in [1.29, 1.82) is 0 Å². The summed E-state index contributed by atoms with van der Waals surface area (Å²) in [5, 5.41) is 4.26. The predicted octanol–water partition coefficient (Wildman–Crippen LogP) is -0.0681. The minimum atomic E-state index is -3.21. The van der Waals surface area contributed by atoms with Crippen LogP contribution in [0.1, 0.15) is 30.6 Å². The van der Waals surface area contributed by atoms with Crippen LogP contribution in [0.5, 0.6) is 0 Å². The first-order valence-corrected chi connectivity index (χ1v) is 10.2. The third kappa shape index (κ3) is 3.14. The van der Waals surface area contributed by atoms with Crippen molar-refractivity contribution >= 4 is 25.5 Å². The van der Waals surface area contributed by atoms with E-state index in [0.29, 0.717) is 29.9 Å². The number of hydrogen-bond donors (Lipinski definition) is 1. The summed E-state index contributed by atoms with van der Waals surface area (Å²) < 4.78 is 47.4. The Bertz CT molecular complexity index is 719. The molecule has 0 aromatic carbocycles. The number of rotatable bonds is 4. The fourth-order valence-electron chi connectivity index (χ4n) is 2.53. The Balaban J connectivity index is 2.41. The normalized spacial score (nSPS) is 22.2. The molecule has 1 fully saturated rings. The Hall–Kier alpha value is -1.09. The van der Waals surface area contributed by atoms with Gasteiger partial charge in [0.05, 0.1) is 29.0 Å². The first-order valence-electron chi connectivity index (χ1n) is 6.37. The molecule has 0 bridgehead atoms. The van der Waals surface area contributed by atoms with Gasteiger partial charge in [0, 0.05) is 11.8 Å². The molecular weight excluding hydrogens is 302 g/mol. The number of sulfone groups is 2. The molecule has 1 aromatic rings. The molecule has 2 N–H and O–H groups in total. The molecule has 0 saturated carbocycles. The SMILES string of the molecule is CCc1c(CS(C)(=O)=O)nn(C2CCS(=O)(=O)C2)c1N. The Morgan fingerprint density at radius 2 is 2.10 bits per heavy atom. The van der Waals surface area contributed by atoms with Crippen LogP contribution in [0.2, 0.25) is 0 Å². The summed E-state index contributed by atoms with van der Waals surface area (Å²) in [5.41, 5.74) is 7.13. The lowest BCUT2D eigenvalue weighted by Crippen LogP contribution is -2.15. The molecule has 1 aliphatic heterocycles. The molecule has 1 saturated heterocycles. The Morgan fingerprint density at radius 3 is 2.55 bits per heavy atom. The Labute approximate surface area is 119 Å². The highest BCUT2D eigenvalue weighted by Gasteiger charge is 2.32. The van der Waals surface area contributed by atoms with Gasteiger partial charge in [-0.15, -0.1) is 0 Å². The van der Waals surface area contributed by atoms with E-state index in [9.17, 15) is 16.8 Å². The van der Waals surface area contributed by atoms with Gasteiger partial charge in [-0.3, -0.25) is 0 Å². The standard InChI is InChI=1S/C11H19N3O4S2/c1-3-9-10(7-19(2,15)16)13-14(11(9)12)8-4-5-20(17,18)6-8/h8H,3-7,12H2,1-2H3. The first-order chi connectivity index (χ1) is 9.13. The van der Waals surface area contributed by atoms with Gasteiger partial charge < -0.3 is 5.73 Å². The summed E-state index contributed by atoms with van der Waals surface area (Å²) >= 11 is 0. The predicted molar refractivity (Wildman–Crippen MR) is 76.9 cm³/mol. The molecule has 1 unspecified atom stereocenters. The molecule has 0 radical (unpaired) electrons. The monoisotopic (exact) mass is 321 g/mol. The zero-order valence-corrected chi connectivity index (χ0v) is 13.2. The highest BCUT2D eigenvalue weighted by Crippen LogP contribution is 2.29. The van der Waals surface area contributed by atoms with Crippen LogP contribution in [0.4, 0.5) is 5.82 Å². The highest BCUT2D eigenvalue weighted by atomic mass is 32.2. The van der Waals surface area contributed by atoms with Crippen molar-refractivity contribution in [3.05, 3.63) is 11.3 Å². The molecular formula is C11H19N3O4S2. The molecule has 114 valence electrons. The van der Waals surface area contributed by atoms with E-state index in [1.54, 1.807) is 0 Å². The van der Waals surface area contributed by atoms with Crippen LogP contribution in [0.25, 0.3) is 0 Å². The van der Waals surface area contributed by atoms with Crippen molar-refractivity contribution < 1.29 is 16.8 Å². The maximum atomic E-state index is 11.5. The second kappa shape index (κ2) is 5.03. The van der Waals surface area contributed by atoms with E-state index in [4.69, 9.17) is 5.73 Å². The maximum absolute atomic E-state index is 11.5. The van der Waals surface area contributed by atoms with Gasteiger partial charge in [-0.25, -0.2) is 21.5 Å². The fraction of sp³-hybridized carbons (Fsp3) is 0.727. The van der Waals surface area contributed by atoms with Crippen LogP contribution in [0, 0.1) is 0 Å². The van der Waals surface area contributed by atoms with Gasteiger partial charge in [-0.1, -0.05) is 6.92 Å². The molecule has 1 atom stereocenters. The van der Waals surface area contributed by atoms with E-state index in [2.05, 4.69) is 5.10 Å². The van der Waals surface area contributed by atoms with Gasteiger partial charge in [0.2, 0.25) is 0 Å². The number of nitrogen functional groups attached to an aromatic ring is 1. The van der Waals surface area contributed by atoms with Gasteiger partial charge in [-0.2, -0.15) is 5.10 Å². The van der Waals surface area contributed by atoms with Crippen LogP contribution in [-0.2, 0) is 31.8 Å². The van der Waals surface area contributed by atoms with Crippen molar-refractivity contribution in [1.82, 2.24) is 9.78 Å². The lowest BCUT2D eigenvalue weighted by Gasteiger charge is -2.10. The molecule has 0 aliphatic carbocycles. The maximum Gasteiger partial charge on any atom is 0.153 e. The molecule has 1 aromatic heterocycles. The topological polar surface area (TPSA) is 112 Å². The molecule has 1 aliphatic rings. The summed E-state index contributed by atoms with van der Waals surface area (Å²) in [7, 11) is -6.25. The fourth-order valence-corrected chi connectivity index (χ4v) is 4.95. The van der Waals surface area contributed by atoms with Crippen LogP contribution in [0.3, 0.4) is 0 Å². The van der Waals surface area contributed by atoms with Crippen molar-refractivity contribution in [2.75, 3.05) is 23.5 Å². The largest absolute Gasteiger partial charge is 0.384 e. The lowest BCUT2D eigenvalue weighted by molar-refractivity contribution is 0.503. The zero-order chi connectivity index (χ0) is 15.1. The summed E-state index contributed by atoms with van der Waals surface area (Å²) in [4.78, 5) is 0. The summed E-state index contributed by atoms with van der Waals surface area (Å²) in [6.07, 6.45) is 2.17. The van der Waals surface area contributed by atoms with Crippen molar-refractivity contribution in [2.24, 2.45) is 0 Å². The quantitative estimate of drug-likeness (QED) is 0.831. The highest BCUT2D eigenvalue weighted by molar-refractivity contribution is 7.91. The van der Waals surface area contributed by atoms with Crippen molar-refractivity contribution in [2.45, 2.75) is 31.6 Å². The van der Waals surface area contributed by atoms with Crippen molar-refractivity contribution in [3.63, 3.8) is 0 Å². The van der Waals surface area contributed by atoms with Gasteiger partial charge in [-0.05, 0) is 12.8 Å². The average Bonchev–Trinajstić information content (AvgIpc) is 2.77. The average molecular weight is 321 g/mol. The molecule has 0 amide bonds. The Morgan fingerprint density at radius 1 is 1.45 bits per heavy atom. The molecule has 2 heterocycles. The number of anilines is 1. The minimum absolute atomic E-state index is 0.0142. The molecule has 0 spiro atoms. The van der Waals surface area contributed by atoms with Crippen molar-refractivity contribution in [3.8, 4) is 0 Å². The third-order valence-electron chi connectivity index (χ3n) is 3.44. The number of nitrogens with zero attached hydrogens (tertiary/aromatic N) is 2. The van der Waals surface area contributed by atoms with E-state index < -0.39 is 19.7 Å². The van der Waals surface area contributed by atoms with Gasteiger partial charge >= 0.3 is 0 Å². The zero-order valence-electron chi connectivity index (χ0n) is 11.5. The second-order valence-corrected chi connectivity index (χ2v) is 9.60. The summed E-state index contributed by atoms with van der Waals surface area (Å²) in [6, 6.07) is -0.293. The summed E-state index contributed by atoms with van der Waals surface area (Å²) in [6.45, 7) is 1.87. The van der Waals surface area contributed by atoms with E-state index in [1.165, 1.54) is 4.68 Å². The van der Waals surface area contributed by atoms with E-state index in [1.807, 2.05) is 6.92 Å². The van der Waals surface area contributed by atoms with Crippen LogP contribution in [-0.4, -0.2) is 44.4 Å². The molecule has 20 heavy (non-hydrogen) atoms. The van der Waals surface area contributed by atoms with Crippen LogP contribution in [0.15, 0.2) is 0 Å². The van der Waals surface area contributed by atoms with E-state index in [-0.39, 0.29) is 23.3 Å². The van der Waals surface area contributed by atoms with E-state index >= 15 is 0 Å². The molecule has 7 nitrogen and oxygen atoms in total. The third-order valence-corrected chi connectivity index (χ3v) is 5.99. The van der Waals surface area contributed by atoms with E-state index in [0.717, 1.165) is 6.26 Å². The van der Waals surface area contributed by atoms with Gasteiger partial charge in [0.15, 0.2) is 19.7 Å². The first kappa shape index (κ1) is 15.3. The van der Waals surface area contributed by atoms with Crippen LogP contribution < -0.4 is 5.73 Å². The molecule has 9 heteroatoms. The van der Waals surface area contributed by atoms with Gasteiger partial charge in [0.25, 0.3) is 0 Å². The number of nitrogens with two attached hydrogens (primary N) is 1. The number of hydrogen-bond acceptors (Lipinski definition) is 6. The smallest absolute Gasteiger partial charge is 0.153 e. The summed E-state index contributed by atoms with van der Waals surface area (Å²) in [5.74, 6) is 0.348. The number of aromatic nitrogens is 2. The van der Waals surface area contributed by atoms with Crippen LogP contribution >= 0.6 is 0 Å². The minimum Gasteiger partial charge on any atom is -0.384 e. The molecule has 2 rings (SSSR count). The second-order valence-electron chi connectivity index (χ2n) is 5.24. The van der Waals surface area contributed by atoms with Gasteiger partial charge in [0.1, 0.15) is 5.82 Å². The Kier molecular flexibility index (Phi) is 3.85.